The van der Waals surface area contributed by atoms with E-state index >= 15 is 0 Å². The summed E-state index contributed by atoms with van der Waals surface area (Å²) in [5.74, 6) is 0.863. The number of nitrogens with one attached hydrogen (secondary N) is 1. The highest BCUT2D eigenvalue weighted by molar-refractivity contribution is 5.31. The number of fused-ring (bicyclic) bond motifs is 1. The van der Waals surface area contributed by atoms with Gasteiger partial charge in [0.05, 0.1) is 5.69 Å². The minimum Gasteiger partial charge on any atom is -0.338 e. The van der Waals surface area contributed by atoms with Crippen LogP contribution in [0.2, 0.25) is 0 Å². The van der Waals surface area contributed by atoms with Crippen molar-refractivity contribution in [3.63, 3.8) is 0 Å². The van der Waals surface area contributed by atoms with E-state index in [2.05, 4.69) is 30.0 Å². The molecule has 6 heteroatoms. The fourth-order valence-electron chi connectivity index (χ4n) is 3.59. The Hall–Kier alpha value is -1.95. The van der Waals surface area contributed by atoms with Crippen molar-refractivity contribution >= 4 is 5.95 Å². The molecule has 0 bridgehead atoms. The number of aromatic amines is 1. The minimum absolute atomic E-state index is 0.863. The lowest BCUT2D eigenvalue weighted by Gasteiger charge is -2.34. The molecule has 1 fully saturated rings. The molecule has 2 aliphatic rings. The number of rotatable bonds is 3. The van der Waals surface area contributed by atoms with E-state index in [-0.39, 0.29) is 0 Å². The molecule has 1 saturated heterocycles. The van der Waals surface area contributed by atoms with Crippen LogP contribution >= 0.6 is 0 Å². The van der Waals surface area contributed by atoms with Crippen molar-refractivity contribution in [1.82, 2.24) is 25.1 Å². The SMILES string of the molecule is Cc1ccnc(N2CCN(Cc3n[nH]c4c3CCCC4)CC2)n1. The average molecular weight is 312 g/mol. The second-order valence-corrected chi connectivity index (χ2v) is 6.60. The van der Waals surface area contributed by atoms with E-state index in [1.54, 1.807) is 0 Å². The zero-order chi connectivity index (χ0) is 15.6. The lowest BCUT2D eigenvalue weighted by Crippen LogP contribution is -2.46. The predicted molar refractivity (Wildman–Crippen MR) is 89.5 cm³/mol. The number of piperazine rings is 1. The van der Waals surface area contributed by atoms with Crippen LogP contribution in [0, 0.1) is 6.92 Å². The van der Waals surface area contributed by atoms with Crippen molar-refractivity contribution in [2.75, 3.05) is 31.1 Å². The molecule has 3 heterocycles. The molecule has 1 N–H and O–H groups in total. The van der Waals surface area contributed by atoms with Crippen LogP contribution in [0.5, 0.6) is 0 Å². The molecule has 2 aromatic rings. The highest BCUT2D eigenvalue weighted by Crippen LogP contribution is 2.23. The van der Waals surface area contributed by atoms with Crippen LogP contribution in [0.4, 0.5) is 5.95 Å². The molecule has 0 spiro atoms. The maximum absolute atomic E-state index is 4.58. The Balaban J connectivity index is 1.37. The lowest BCUT2D eigenvalue weighted by molar-refractivity contribution is 0.245. The zero-order valence-corrected chi connectivity index (χ0v) is 13.8. The monoisotopic (exact) mass is 312 g/mol. The number of aryl methyl sites for hydroxylation is 2. The van der Waals surface area contributed by atoms with Crippen LogP contribution < -0.4 is 4.90 Å². The average Bonchev–Trinajstić information content (AvgIpc) is 2.99. The molecule has 0 amide bonds. The smallest absolute Gasteiger partial charge is 0.225 e. The fourth-order valence-corrected chi connectivity index (χ4v) is 3.59. The van der Waals surface area contributed by atoms with Crippen LogP contribution in [0.15, 0.2) is 12.3 Å². The second kappa shape index (κ2) is 6.28. The van der Waals surface area contributed by atoms with Gasteiger partial charge in [-0.25, -0.2) is 9.97 Å². The van der Waals surface area contributed by atoms with Gasteiger partial charge in [0.15, 0.2) is 0 Å². The first-order valence-corrected chi connectivity index (χ1v) is 8.61. The van der Waals surface area contributed by atoms with E-state index in [0.29, 0.717) is 0 Å². The second-order valence-electron chi connectivity index (χ2n) is 6.60. The number of aromatic nitrogens is 4. The van der Waals surface area contributed by atoms with Crippen molar-refractivity contribution in [1.29, 1.82) is 0 Å². The summed E-state index contributed by atoms with van der Waals surface area (Å²) in [6.45, 7) is 7.03. The third-order valence-corrected chi connectivity index (χ3v) is 4.95. The molecule has 1 aliphatic carbocycles. The van der Waals surface area contributed by atoms with Gasteiger partial charge in [-0.15, -0.1) is 0 Å². The third-order valence-electron chi connectivity index (χ3n) is 4.95. The maximum Gasteiger partial charge on any atom is 0.225 e. The summed E-state index contributed by atoms with van der Waals surface area (Å²) in [6, 6.07) is 1.94. The predicted octanol–water partition coefficient (Wildman–Crippen LogP) is 1.71. The van der Waals surface area contributed by atoms with Crippen LogP contribution in [-0.2, 0) is 19.4 Å². The molecular formula is C17H24N6. The van der Waals surface area contributed by atoms with Gasteiger partial charge in [-0.2, -0.15) is 5.10 Å². The van der Waals surface area contributed by atoms with Crippen LogP contribution in [-0.4, -0.2) is 51.2 Å². The topological polar surface area (TPSA) is 60.9 Å². The van der Waals surface area contributed by atoms with E-state index in [0.717, 1.165) is 44.4 Å². The molecule has 0 saturated carbocycles. The number of anilines is 1. The molecule has 6 nitrogen and oxygen atoms in total. The molecule has 23 heavy (non-hydrogen) atoms. The summed E-state index contributed by atoms with van der Waals surface area (Å²) < 4.78 is 0. The Morgan fingerprint density at radius 3 is 2.78 bits per heavy atom. The molecule has 0 radical (unpaired) electrons. The summed E-state index contributed by atoms with van der Waals surface area (Å²) in [7, 11) is 0. The van der Waals surface area contributed by atoms with Crippen LogP contribution in [0.25, 0.3) is 0 Å². The Morgan fingerprint density at radius 2 is 1.96 bits per heavy atom. The Morgan fingerprint density at radius 1 is 1.13 bits per heavy atom. The first-order valence-electron chi connectivity index (χ1n) is 8.61. The molecule has 4 rings (SSSR count). The van der Waals surface area contributed by atoms with E-state index in [9.17, 15) is 0 Å². The summed E-state index contributed by atoms with van der Waals surface area (Å²) in [5, 5.41) is 7.83. The number of H-pyrrole nitrogens is 1. The van der Waals surface area contributed by atoms with E-state index in [1.165, 1.54) is 42.6 Å². The first-order chi connectivity index (χ1) is 11.3. The van der Waals surface area contributed by atoms with Crippen molar-refractivity contribution in [2.45, 2.75) is 39.2 Å². The standard InChI is InChI=1S/C17H24N6/c1-13-6-7-18-17(19-13)23-10-8-22(9-11-23)12-16-14-4-2-3-5-15(14)20-21-16/h6-7H,2-5,8-12H2,1H3,(H,20,21). The zero-order valence-electron chi connectivity index (χ0n) is 13.8. The molecular weight excluding hydrogens is 288 g/mol. The largest absolute Gasteiger partial charge is 0.338 e. The minimum atomic E-state index is 0.863. The van der Waals surface area contributed by atoms with Gasteiger partial charge in [0.2, 0.25) is 5.95 Å². The number of hydrogen-bond donors (Lipinski definition) is 1. The Kier molecular flexibility index (Phi) is 3.99. The summed E-state index contributed by atoms with van der Waals surface area (Å²) in [4.78, 5) is 13.7. The van der Waals surface area contributed by atoms with Gasteiger partial charge in [0, 0.05) is 50.3 Å². The van der Waals surface area contributed by atoms with Crippen molar-refractivity contribution in [3.8, 4) is 0 Å². The number of hydrogen-bond acceptors (Lipinski definition) is 5. The molecule has 0 atom stereocenters. The first kappa shape index (κ1) is 14.6. The van der Waals surface area contributed by atoms with Crippen molar-refractivity contribution in [3.05, 3.63) is 34.9 Å². The van der Waals surface area contributed by atoms with Gasteiger partial charge in [-0.05, 0) is 44.2 Å². The van der Waals surface area contributed by atoms with Crippen molar-refractivity contribution in [2.24, 2.45) is 0 Å². The molecule has 0 unspecified atom stereocenters. The van der Waals surface area contributed by atoms with Gasteiger partial charge < -0.3 is 4.90 Å². The quantitative estimate of drug-likeness (QED) is 0.935. The lowest BCUT2D eigenvalue weighted by atomic mass is 9.96. The van der Waals surface area contributed by atoms with E-state index < -0.39 is 0 Å². The van der Waals surface area contributed by atoms with Crippen LogP contribution in [0.1, 0.15) is 35.5 Å². The fraction of sp³-hybridized carbons (Fsp3) is 0.588. The summed E-state index contributed by atoms with van der Waals surface area (Å²) >= 11 is 0. The summed E-state index contributed by atoms with van der Waals surface area (Å²) in [6.07, 6.45) is 6.81. The molecule has 0 aromatic carbocycles. The van der Waals surface area contributed by atoms with E-state index in [4.69, 9.17) is 0 Å². The number of nitrogens with zero attached hydrogens (tertiary/aromatic N) is 5. The summed E-state index contributed by atoms with van der Waals surface area (Å²) in [5.41, 5.74) is 5.15. The van der Waals surface area contributed by atoms with Gasteiger partial charge in [-0.1, -0.05) is 0 Å². The highest BCUT2D eigenvalue weighted by atomic mass is 15.3. The van der Waals surface area contributed by atoms with Gasteiger partial charge in [0.1, 0.15) is 0 Å². The highest BCUT2D eigenvalue weighted by Gasteiger charge is 2.22. The Bertz CT molecular complexity index is 671. The Labute approximate surface area is 136 Å². The van der Waals surface area contributed by atoms with E-state index in [1.807, 2.05) is 19.2 Å². The normalized spacial score (nSPS) is 18.9. The van der Waals surface area contributed by atoms with Crippen LogP contribution in [0.3, 0.4) is 0 Å². The van der Waals surface area contributed by atoms with Crippen molar-refractivity contribution < 1.29 is 0 Å². The maximum atomic E-state index is 4.58. The molecule has 122 valence electrons. The molecule has 1 aliphatic heterocycles. The third kappa shape index (κ3) is 3.08. The van der Waals surface area contributed by atoms with Gasteiger partial charge in [-0.3, -0.25) is 10.00 Å². The van der Waals surface area contributed by atoms with Gasteiger partial charge >= 0.3 is 0 Å². The molecule has 2 aromatic heterocycles. The van der Waals surface area contributed by atoms with Gasteiger partial charge in [0.25, 0.3) is 0 Å².